The van der Waals surface area contributed by atoms with Crippen LogP contribution in [0.3, 0.4) is 0 Å². The molecule has 0 fully saturated rings. The van der Waals surface area contributed by atoms with E-state index in [0.717, 1.165) is 32.1 Å². The molecule has 15 heavy (non-hydrogen) atoms. The van der Waals surface area contributed by atoms with Gasteiger partial charge in [0.2, 0.25) is 0 Å². The van der Waals surface area contributed by atoms with Gasteiger partial charge in [0, 0.05) is 6.61 Å². The van der Waals surface area contributed by atoms with Gasteiger partial charge < -0.3 is 9.84 Å². The van der Waals surface area contributed by atoms with E-state index in [1.165, 1.54) is 0 Å². The van der Waals surface area contributed by atoms with Gasteiger partial charge in [-0.3, -0.25) is 0 Å². The molecule has 0 amide bonds. The first-order valence-corrected chi connectivity index (χ1v) is 5.49. The third kappa shape index (κ3) is 7.14. The highest BCUT2D eigenvalue weighted by Crippen LogP contribution is 2.11. The number of unbranched alkanes of at least 4 members (excludes halogenated alkanes) is 4. The quantitative estimate of drug-likeness (QED) is 0.474. The zero-order valence-corrected chi connectivity index (χ0v) is 9.79. The molecule has 1 N–H and O–H groups in total. The summed E-state index contributed by atoms with van der Waals surface area (Å²) in [6, 6.07) is 0. The number of hydrogen-bond donors (Lipinski definition) is 1. The van der Waals surface area contributed by atoms with Crippen LogP contribution in [0.25, 0.3) is 0 Å². The lowest BCUT2D eigenvalue weighted by atomic mass is 10.1. The van der Waals surface area contributed by atoms with Crippen molar-refractivity contribution in [2.75, 3.05) is 6.61 Å². The van der Waals surface area contributed by atoms with Crippen LogP contribution in [0.2, 0.25) is 0 Å². The van der Waals surface area contributed by atoms with Gasteiger partial charge in [-0.2, -0.15) is 0 Å². The summed E-state index contributed by atoms with van der Waals surface area (Å²) in [5.41, 5.74) is -1.05. The van der Waals surface area contributed by atoms with E-state index in [-0.39, 0.29) is 0 Å². The van der Waals surface area contributed by atoms with Crippen molar-refractivity contribution in [3.63, 3.8) is 0 Å². The van der Waals surface area contributed by atoms with Gasteiger partial charge >= 0.3 is 5.97 Å². The van der Waals surface area contributed by atoms with E-state index in [9.17, 15) is 4.79 Å². The Kier molecular flexibility index (Phi) is 7.05. The molecule has 0 rings (SSSR count). The molecule has 0 aliphatic carbocycles. The number of rotatable bonds is 9. The van der Waals surface area contributed by atoms with Gasteiger partial charge in [-0.25, -0.2) is 4.79 Å². The largest absolute Gasteiger partial charge is 0.479 e. The van der Waals surface area contributed by atoms with E-state index in [1.54, 1.807) is 13.8 Å². The molecule has 0 aromatic rings. The third-order valence-electron chi connectivity index (χ3n) is 2.28. The van der Waals surface area contributed by atoms with Crippen LogP contribution in [0, 0.1) is 0 Å². The zero-order valence-electron chi connectivity index (χ0n) is 9.79. The highest BCUT2D eigenvalue weighted by molar-refractivity contribution is 5.76. The van der Waals surface area contributed by atoms with Gasteiger partial charge in [-0.05, 0) is 33.1 Å². The van der Waals surface area contributed by atoms with E-state index < -0.39 is 11.6 Å². The third-order valence-corrected chi connectivity index (χ3v) is 2.28. The van der Waals surface area contributed by atoms with Crippen LogP contribution in [0.4, 0.5) is 0 Å². The highest BCUT2D eigenvalue weighted by atomic mass is 16.5. The number of allylic oxidation sites excluding steroid dienone is 1. The first-order chi connectivity index (χ1) is 7.00. The molecular weight excluding hydrogens is 192 g/mol. The standard InChI is InChI=1S/C12H22O3/c1-4-5-6-7-8-9-10-15-12(2,3)11(13)14/h4H,1,5-10H2,2-3H3,(H,13,14). The molecule has 0 atom stereocenters. The summed E-state index contributed by atoms with van der Waals surface area (Å²) in [4.78, 5) is 10.7. The predicted octanol–water partition coefficient (Wildman–Crippen LogP) is 3.00. The topological polar surface area (TPSA) is 46.5 Å². The molecule has 0 heterocycles. The molecule has 0 aromatic heterocycles. The fourth-order valence-corrected chi connectivity index (χ4v) is 1.13. The smallest absolute Gasteiger partial charge is 0.335 e. The highest BCUT2D eigenvalue weighted by Gasteiger charge is 2.27. The van der Waals surface area contributed by atoms with Crippen molar-refractivity contribution in [1.82, 2.24) is 0 Å². The predicted molar refractivity (Wildman–Crippen MR) is 60.9 cm³/mol. The molecule has 0 bridgehead atoms. The molecule has 3 heteroatoms. The number of carboxylic acid groups (broad SMARTS) is 1. The van der Waals surface area contributed by atoms with Gasteiger partial charge in [0.15, 0.2) is 5.60 Å². The maximum Gasteiger partial charge on any atom is 0.335 e. The second kappa shape index (κ2) is 7.46. The molecule has 0 spiro atoms. The van der Waals surface area contributed by atoms with Gasteiger partial charge in [0.1, 0.15) is 0 Å². The van der Waals surface area contributed by atoms with Crippen molar-refractivity contribution in [2.45, 2.75) is 51.6 Å². The Morgan fingerprint density at radius 2 is 1.93 bits per heavy atom. The first kappa shape index (κ1) is 14.2. The van der Waals surface area contributed by atoms with E-state index >= 15 is 0 Å². The van der Waals surface area contributed by atoms with Gasteiger partial charge in [-0.1, -0.05) is 18.9 Å². The normalized spacial score (nSPS) is 11.3. The maximum absolute atomic E-state index is 10.7. The lowest BCUT2D eigenvalue weighted by Crippen LogP contribution is -2.35. The molecule has 88 valence electrons. The van der Waals surface area contributed by atoms with Crippen molar-refractivity contribution in [3.05, 3.63) is 12.7 Å². The number of ether oxygens (including phenoxy) is 1. The maximum atomic E-state index is 10.7. The number of aliphatic carboxylic acids is 1. The number of carboxylic acids is 1. The lowest BCUT2D eigenvalue weighted by molar-refractivity contribution is -0.161. The molecule has 0 saturated heterocycles. The van der Waals surface area contributed by atoms with Gasteiger partial charge in [-0.15, -0.1) is 6.58 Å². The Balaban J connectivity index is 3.38. The monoisotopic (exact) mass is 214 g/mol. The van der Waals surface area contributed by atoms with Crippen LogP contribution in [0.5, 0.6) is 0 Å². The van der Waals surface area contributed by atoms with Crippen LogP contribution >= 0.6 is 0 Å². The van der Waals surface area contributed by atoms with E-state index in [2.05, 4.69) is 6.58 Å². The molecule has 3 nitrogen and oxygen atoms in total. The summed E-state index contributed by atoms with van der Waals surface area (Å²) >= 11 is 0. The van der Waals surface area contributed by atoms with Crippen molar-refractivity contribution in [2.24, 2.45) is 0 Å². The summed E-state index contributed by atoms with van der Waals surface area (Å²) in [5, 5.41) is 8.78. The Bertz CT molecular complexity index is 197. The fraction of sp³-hybridized carbons (Fsp3) is 0.750. The molecule has 0 saturated carbocycles. The Hall–Kier alpha value is -0.830. The molecular formula is C12H22O3. The summed E-state index contributed by atoms with van der Waals surface area (Å²) in [6.07, 6.45) is 7.30. The van der Waals surface area contributed by atoms with Crippen LogP contribution in [0.1, 0.15) is 46.0 Å². The average Bonchev–Trinajstić information content (AvgIpc) is 2.16. The fourth-order valence-electron chi connectivity index (χ4n) is 1.13. The van der Waals surface area contributed by atoms with Crippen molar-refractivity contribution >= 4 is 5.97 Å². The minimum Gasteiger partial charge on any atom is -0.479 e. The molecule has 0 aliphatic rings. The second-order valence-corrected chi connectivity index (χ2v) is 4.16. The van der Waals surface area contributed by atoms with E-state index in [0.29, 0.717) is 6.61 Å². The molecule has 0 aromatic carbocycles. The van der Waals surface area contributed by atoms with Crippen molar-refractivity contribution < 1.29 is 14.6 Å². The summed E-state index contributed by atoms with van der Waals surface area (Å²) in [5.74, 6) is -0.908. The Morgan fingerprint density at radius 1 is 1.33 bits per heavy atom. The average molecular weight is 214 g/mol. The van der Waals surface area contributed by atoms with Crippen LogP contribution in [-0.4, -0.2) is 23.3 Å². The Labute approximate surface area is 92.1 Å². The minimum atomic E-state index is -1.05. The van der Waals surface area contributed by atoms with Gasteiger partial charge in [0.05, 0.1) is 0 Å². The van der Waals surface area contributed by atoms with Crippen LogP contribution < -0.4 is 0 Å². The number of hydrogen-bond acceptors (Lipinski definition) is 2. The second-order valence-electron chi connectivity index (χ2n) is 4.16. The first-order valence-electron chi connectivity index (χ1n) is 5.49. The minimum absolute atomic E-state index is 0.521. The Morgan fingerprint density at radius 3 is 2.47 bits per heavy atom. The molecule has 0 radical (unpaired) electrons. The van der Waals surface area contributed by atoms with Crippen LogP contribution in [0.15, 0.2) is 12.7 Å². The SMILES string of the molecule is C=CCCCCCCOC(C)(C)C(=O)O. The summed E-state index contributed by atoms with van der Waals surface area (Å²) in [7, 11) is 0. The van der Waals surface area contributed by atoms with Crippen molar-refractivity contribution in [3.8, 4) is 0 Å². The van der Waals surface area contributed by atoms with E-state index in [4.69, 9.17) is 9.84 Å². The lowest BCUT2D eigenvalue weighted by Gasteiger charge is -2.19. The molecule has 0 unspecified atom stereocenters. The number of carbonyl (C=O) groups is 1. The summed E-state index contributed by atoms with van der Waals surface area (Å²) in [6.45, 7) is 7.33. The van der Waals surface area contributed by atoms with E-state index in [1.807, 2.05) is 6.08 Å². The molecule has 0 aliphatic heterocycles. The zero-order chi connectivity index (χ0) is 11.7. The van der Waals surface area contributed by atoms with Gasteiger partial charge in [0.25, 0.3) is 0 Å². The summed E-state index contributed by atoms with van der Waals surface area (Å²) < 4.78 is 5.28. The van der Waals surface area contributed by atoms with Crippen molar-refractivity contribution in [1.29, 1.82) is 0 Å². The van der Waals surface area contributed by atoms with Crippen LogP contribution in [-0.2, 0) is 9.53 Å².